The van der Waals surface area contributed by atoms with Crippen molar-refractivity contribution >= 4 is 17.3 Å². The topological polar surface area (TPSA) is 3.24 Å². The molecule has 1 aliphatic rings. The first-order valence-electron chi connectivity index (χ1n) is 6.75. The number of halogens is 1. The highest BCUT2D eigenvalue weighted by Crippen LogP contribution is 2.27. The van der Waals surface area contributed by atoms with E-state index in [-0.39, 0.29) is 0 Å². The Balaban J connectivity index is 1.89. The lowest BCUT2D eigenvalue weighted by Gasteiger charge is -2.32. The molecule has 0 fully saturated rings. The number of hydrogen-bond donors (Lipinski definition) is 0. The second-order valence-corrected chi connectivity index (χ2v) is 5.46. The smallest absolute Gasteiger partial charge is 0.0474 e. The molecule has 0 aromatic heterocycles. The normalized spacial score (nSPS) is 14.3. The quantitative estimate of drug-likeness (QED) is 0.736. The van der Waals surface area contributed by atoms with Crippen molar-refractivity contribution in [3.63, 3.8) is 0 Å². The molecule has 19 heavy (non-hydrogen) atoms. The third-order valence-corrected chi connectivity index (χ3v) is 4.20. The van der Waals surface area contributed by atoms with Gasteiger partial charge in [0.25, 0.3) is 0 Å². The molecule has 0 bridgehead atoms. The highest BCUT2D eigenvalue weighted by atomic mass is 35.5. The van der Waals surface area contributed by atoms with E-state index in [0.29, 0.717) is 5.88 Å². The molecule has 0 radical (unpaired) electrons. The van der Waals surface area contributed by atoms with Gasteiger partial charge in [0.1, 0.15) is 0 Å². The summed E-state index contributed by atoms with van der Waals surface area (Å²) in [5.41, 5.74) is 6.80. The summed E-state index contributed by atoms with van der Waals surface area (Å²) in [5.74, 6) is 0.587. The molecule has 2 aromatic rings. The average Bonchev–Trinajstić information content (AvgIpc) is 2.46. The predicted molar refractivity (Wildman–Crippen MR) is 81.9 cm³/mol. The Morgan fingerprint density at radius 2 is 1.89 bits per heavy atom. The molecule has 2 aromatic carbocycles. The lowest BCUT2D eigenvalue weighted by atomic mass is 9.98. The molecular formula is C17H18ClN. The molecule has 0 amide bonds. The molecule has 0 saturated carbocycles. The summed E-state index contributed by atoms with van der Waals surface area (Å²) in [6, 6.07) is 15.3. The van der Waals surface area contributed by atoms with Crippen LogP contribution < -0.4 is 4.90 Å². The molecule has 1 nitrogen and oxygen atoms in total. The van der Waals surface area contributed by atoms with Gasteiger partial charge >= 0.3 is 0 Å². The zero-order chi connectivity index (χ0) is 13.2. The number of nitrogens with zero attached hydrogens (tertiary/aromatic N) is 1. The summed E-state index contributed by atoms with van der Waals surface area (Å²) < 4.78 is 0. The zero-order valence-electron chi connectivity index (χ0n) is 11.2. The van der Waals surface area contributed by atoms with E-state index in [1.165, 1.54) is 27.9 Å². The first kappa shape index (κ1) is 12.6. The van der Waals surface area contributed by atoms with Crippen molar-refractivity contribution in [3.05, 3.63) is 64.7 Å². The number of anilines is 1. The number of fused-ring (bicyclic) bond motifs is 1. The molecule has 1 heterocycles. The first-order valence-corrected chi connectivity index (χ1v) is 7.28. The van der Waals surface area contributed by atoms with Gasteiger partial charge in [-0.25, -0.2) is 0 Å². The maximum absolute atomic E-state index is 5.89. The lowest BCUT2D eigenvalue weighted by Crippen LogP contribution is -2.30. The Kier molecular flexibility index (Phi) is 3.48. The van der Waals surface area contributed by atoms with Crippen LogP contribution in [0, 0.1) is 6.92 Å². The van der Waals surface area contributed by atoms with Crippen molar-refractivity contribution in [2.24, 2.45) is 0 Å². The summed E-state index contributed by atoms with van der Waals surface area (Å²) in [4.78, 5) is 2.47. The van der Waals surface area contributed by atoms with Gasteiger partial charge in [-0.05, 0) is 41.7 Å². The Bertz CT molecular complexity index is 592. The number of aryl methyl sites for hydroxylation is 1. The van der Waals surface area contributed by atoms with Gasteiger partial charge in [-0.15, -0.1) is 11.6 Å². The minimum atomic E-state index is 0.587. The van der Waals surface area contributed by atoms with E-state index >= 15 is 0 Å². The zero-order valence-corrected chi connectivity index (χ0v) is 12.0. The van der Waals surface area contributed by atoms with Crippen molar-refractivity contribution in [1.82, 2.24) is 0 Å². The molecule has 2 heteroatoms. The number of alkyl halides is 1. The third kappa shape index (κ3) is 2.48. The van der Waals surface area contributed by atoms with Crippen LogP contribution in [0.4, 0.5) is 5.69 Å². The van der Waals surface area contributed by atoms with Gasteiger partial charge < -0.3 is 4.90 Å². The summed E-state index contributed by atoms with van der Waals surface area (Å²) in [6.45, 7) is 4.28. The van der Waals surface area contributed by atoms with E-state index in [1.807, 2.05) is 0 Å². The number of benzene rings is 2. The Morgan fingerprint density at radius 3 is 2.63 bits per heavy atom. The monoisotopic (exact) mass is 271 g/mol. The van der Waals surface area contributed by atoms with Gasteiger partial charge in [0.2, 0.25) is 0 Å². The van der Waals surface area contributed by atoms with Crippen LogP contribution in [0.5, 0.6) is 0 Å². The molecule has 0 saturated heterocycles. The molecule has 3 rings (SSSR count). The minimum Gasteiger partial charge on any atom is -0.367 e. The largest absolute Gasteiger partial charge is 0.367 e. The van der Waals surface area contributed by atoms with E-state index in [0.717, 1.165) is 19.5 Å². The van der Waals surface area contributed by atoms with Crippen molar-refractivity contribution in [2.75, 3.05) is 11.4 Å². The van der Waals surface area contributed by atoms with Gasteiger partial charge in [0.05, 0.1) is 0 Å². The van der Waals surface area contributed by atoms with Gasteiger partial charge in [-0.3, -0.25) is 0 Å². The van der Waals surface area contributed by atoms with Gasteiger partial charge in [0, 0.05) is 24.7 Å². The molecule has 0 spiro atoms. The van der Waals surface area contributed by atoms with Crippen molar-refractivity contribution < 1.29 is 0 Å². The first-order chi connectivity index (χ1) is 9.28. The van der Waals surface area contributed by atoms with Crippen LogP contribution >= 0.6 is 11.6 Å². The lowest BCUT2D eigenvalue weighted by molar-refractivity contribution is 0.729. The number of hydrogen-bond acceptors (Lipinski definition) is 1. The summed E-state index contributed by atoms with van der Waals surface area (Å²) in [7, 11) is 0. The van der Waals surface area contributed by atoms with E-state index in [9.17, 15) is 0 Å². The SMILES string of the molecule is Cc1cc(CCl)ccc1N1CCc2ccccc2C1. The van der Waals surface area contributed by atoms with Gasteiger partial charge in [-0.1, -0.05) is 36.4 Å². The predicted octanol–water partition coefficient (Wildman–Crippen LogP) is 4.30. The molecule has 1 aliphatic heterocycles. The van der Waals surface area contributed by atoms with Crippen LogP contribution in [0.15, 0.2) is 42.5 Å². The fourth-order valence-electron chi connectivity index (χ4n) is 2.86. The fraction of sp³-hybridized carbons (Fsp3) is 0.294. The van der Waals surface area contributed by atoms with Crippen LogP contribution in [0.1, 0.15) is 22.3 Å². The molecule has 0 aliphatic carbocycles. The highest BCUT2D eigenvalue weighted by Gasteiger charge is 2.17. The van der Waals surface area contributed by atoms with Crippen molar-refractivity contribution in [2.45, 2.75) is 25.8 Å². The van der Waals surface area contributed by atoms with Crippen molar-refractivity contribution in [3.8, 4) is 0 Å². The Morgan fingerprint density at radius 1 is 1.11 bits per heavy atom. The molecule has 0 N–H and O–H groups in total. The maximum atomic E-state index is 5.89. The van der Waals surface area contributed by atoms with Gasteiger partial charge in [-0.2, -0.15) is 0 Å². The van der Waals surface area contributed by atoms with Crippen LogP contribution in [0.2, 0.25) is 0 Å². The van der Waals surface area contributed by atoms with E-state index in [4.69, 9.17) is 11.6 Å². The standard InChI is InChI=1S/C17H18ClN/c1-13-10-14(11-18)6-7-17(13)19-9-8-15-4-2-3-5-16(15)12-19/h2-7,10H,8-9,11-12H2,1H3. The summed E-state index contributed by atoms with van der Waals surface area (Å²) in [6.07, 6.45) is 1.13. The van der Waals surface area contributed by atoms with Crippen molar-refractivity contribution in [1.29, 1.82) is 0 Å². The third-order valence-electron chi connectivity index (χ3n) is 3.89. The van der Waals surface area contributed by atoms with Gasteiger partial charge in [0.15, 0.2) is 0 Å². The van der Waals surface area contributed by atoms with E-state index in [1.54, 1.807) is 0 Å². The molecule has 0 unspecified atom stereocenters. The van der Waals surface area contributed by atoms with E-state index in [2.05, 4.69) is 54.3 Å². The second-order valence-electron chi connectivity index (χ2n) is 5.19. The summed E-state index contributed by atoms with van der Waals surface area (Å²) in [5, 5.41) is 0. The average molecular weight is 272 g/mol. The van der Waals surface area contributed by atoms with Crippen LogP contribution in [-0.2, 0) is 18.8 Å². The fourth-order valence-corrected chi connectivity index (χ4v) is 3.02. The van der Waals surface area contributed by atoms with Crippen LogP contribution in [0.25, 0.3) is 0 Å². The number of rotatable bonds is 2. The molecule has 0 atom stereocenters. The van der Waals surface area contributed by atoms with Crippen LogP contribution in [0.3, 0.4) is 0 Å². The van der Waals surface area contributed by atoms with Crippen LogP contribution in [-0.4, -0.2) is 6.54 Å². The molecular weight excluding hydrogens is 254 g/mol. The summed E-state index contributed by atoms with van der Waals surface area (Å²) >= 11 is 5.89. The Hall–Kier alpha value is -1.47. The van der Waals surface area contributed by atoms with E-state index < -0.39 is 0 Å². The minimum absolute atomic E-state index is 0.587. The highest BCUT2D eigenvalue weighted by molar-refractivity contribution is 6.17. The maximum Gasteiger partial charge on any atom is 0.0474 e. The Labute approximate surface area is 119 Å². The second kappa shape index (κ2) is 5.26. The molecule has 98 valence electrons.